The molecular weight excluding hydrogens is 320 g/mol. The molecule has 0 amide bonds. The van der Waals surface area contributed by atoms with Crippen molar-refractivity contribution in [3.05, 3.63) is 59.4 Å². The number of aromatic nitrogens is 2. The molecule has 2 aromatic rings. The fraction of sp³-hybridized carbons (Fsp3) is 0.368. The van der Waals surface area contributed by atoms with E-state index in [-0.39, 0.29) is 12.4 Å². The Hall–Kier alpha value is -1.91. The Morgan fingerprint density at radius 2 is 1.58 bits per heavy atom. The first-order valence-corrected chi connectivity index (χ1v) is 8.22. The lowest BCUT2D eigenvalue weighted by Crippen LogP contribution is -2.47. The quantitative estimate of drug-likeness (QED) is 0.851. The average molecular weight is 345 g/mol. The van der Waals surface area contributed by atoms with Crippen molar-refractivity contribution in [2.24, 2.45) is 0 Å². The van der Waals surface area contributed by atoms with Gasteiger partial charge in [0.1, 0.15) is 0 Å². The van der Waals surface area contributed by atoms with Crippen LogP contribution in [0, 0.1) is 13.8 Å². The van der Waals surface area contributed by atoms with E-state index in [4.69, 9.17) is 0 Å². The predicted octanol–water partition coefficient (Wildman–Crippen LogP) is 3.35. The van der Waals surface area contributed by atoms with Crippen LogP contribution < -0.4 is 4.90 Å². The van der Waals surface area contributed by atoms with Crippen LogP contribution in [-0.4, -0.2) is 47.6 Å². The van der Waals surface area contributed by atoms with Crippen LogP contribution >= 0.6 is 12.4 Å². The molecule has 0 unspecified atom stereocenters. The summed E-state index contributed by atoms with van der Waals surface area (Å²) < 4.78 is 0. The van der Waals surface area contributed by atoms with Gasteiger partial charge in [0.05, 0.1) is 0 Å². The zero-order valence-corrected chi connectivity index (χ0v) is 15.2. The molecule has 0 saturated carbocycles. The minimum Gasteiger partial charge on any atom is -0.338 e. The first kappa shape index (κ1) is 18.4. The first-order chi connectivity index (χ1) is 11.2. The zero-order valence-electron chi connectivity index (χ0n) is 14.4. The number of piperazine rings is 1. The van der Waals surface area contributed by atoms with Crippen LogP contribution in [0.25, 0.3) is 6.08 Å². The lowest BCUT2D eigenvalue weighted by atomic mass is 10.2. The molecule has 1 aliphatic heterocycles. The van der Waals surface area contributed by atoms with Gasteiger partial charge in [-0.25, -0.2) is 9.97 Å². The third-order valence-corrected chi connectivity index (χ3v) is 4.10. The van der Waals surface area contributed by atoms with Crippen LogP contribution in [0.2, 0.25) is 0 Å². The molecule has 1 aliphatic rings. The van der Waals surface area contributed by atoms with Gasteiger partial charge in [-0.05, 0) is 25.5 Å². The van der Waals surface area contributed by atoms with Crippen molar-refractivity contribution in [2.75, 3.05) is 37.6 Å². The van der Waals surface area contributed by atoms with Gasteiger partial charge in [0.15, 0.2) is 0 Å². The van der Waals surface area contributed by atoms with Gasteiger partial charge in [0.25, 0.3) is 0 Å². The largest absolute Gasteiger partial charge is 0.338 e. The van der Waals surface area contributed by atoms with E-state index in [0.717, 1.165) is 50.1 Å². The monoisotopic (exact) mass is 344 g/mol. The molecule has 4 nitrogen and oxygen atoms in total. The van der Waals surface area contributed by atoms with Crippen molar-refractivity contribution in [1.29, 1.82) is 0 Å². The van der Waals surface area contributed by atoms with Gasteiger partial charge >= 0.3 is 0 Å². The van der Waals surface area contributed by atoms with Gasteiger partial charge < -0.3 is 4.90 Å². The summed E-state index contributed by atoms with van der Waals surface area (Å²) in [5.41, 5.74) is 3.34. The van der Waals surface area contributed by atoms with Crippen LogP contribution in [0.4, 0.5) is 5.95 Å². The number of halogens is 1. The maximum absolute atomic E-state index is 4.57. The summed E-state index contributed by atoms with van der Waals surface area (Å²) in [7, 11) is 0. The SMILES string of the molecule is Cc1cc(C)nc(N2CCN(C/C=C/c3ccccc3)CC2)n1.Cl. The van der Waals surface area contributed by atoms with E-state index in [0.29, 0.717) is 0 Å². The van der Waals surface area contributed by atoms with E-state index in [9.17, 15) is 0 Å². The highest BCUT2D eigenvalue weighted by molar-refractivity contribution is 5.85. The second-order valence-electron chi connectivity index (χ2n) is 6.05. The molecule has 24 heavy (non-hydrogen) atoms. The molecule has 1 fully saturated rings. The Bertz CT molecular complexity index is 644. The number of rotatable bonds is 4. The standard InChI is InChI=1S/C19H24N4.ClH/c1-16-15-17(2)21-19(20-16)23-13-11-22(12-14-23)10-6-9-18-7-4-3-5-8-18;/h3-9,15H,10-14H2,1-2H3;1H/b9-6+;. The fourth-order valence-corrected chi connectivity index (χ4v) is 2.88. The summed E-state index contributed by atoms with van der Waals surface area (Å²) >= 11 is 0. The number of nitrogens with zero attached hydrogens (tertiary/aromatic N) is 4. The van der Waals surface area contributed by atoms with Gasteiger partial charge in [0, 0.05) is 44.1 Å². The number of hydrogen-bond acceptors (Lipinski definition) is 4. The van der Waals surface area contributed by atoms with Gasteiger partial charge in [-0.2, -0.15) is 0 Å². The van der Waals surface area contributed by atoms with Crippen molar-refractivity contribution in [1.82, 2.24) is 14.9 Å². The Balaban J connectivity index is 0.00000208. The highest BCUT2D eigenvalue weighted by Crippen LogP contribution is 2.13. The smallest absolute Gasteiger partial charge is 0.225 e. The molecular formula is C19H25ClN4. The van der Waals surface area contributed by atoms with Crippen LogP contribution in [0.15, 0.2) is 42.5 Å². The van der Waals surface area contributed by atoms with E-state index in [1.165, 1.54) is 5.56 Å². The van der Waals surface area contributed by atoms with Crippen molar-refractivity contribution >= 4 is 24.4 Å². The Morgan fingerprint density at radius 3 is 2.21 bits per heavy atom. The number of anilines is 1. The molecule has 1 aromatic heterocycles. The predicted molar refractivity (Wildman–Crippen MR) is 103 cm³/mol. The van der Waals surface area contributed by atoms with E-state index in [1.54, 1.807) is 0 Å². The lowest BCUT2D eigenvalue weighted by Gasteiger charge is -2.34. The Labute approximate surface area is 150 Å². The number of benzene rings is 1. The lowest BCUT2D eigenvalue weighted by molar-refractivity contribution is 0.283. The van der Waals surface area contributed by atoms with E-state index in [1.807, 2.05) is 26.0 Å². The Kier molecular flexibility index (Phi) is 6.76. The molecule has 128 valence electrons. The summed E-state index contributed by atoms with van der Waals surface area (Å²) in [6, 6.07) is 12.5. The second-order valence-corrected chi connectivity index (χ2v) is 6.05. The van der Waals surface area contributed by atoms with Crippen LogP contribution in [-0.2, 0) is 0 Å². The van der Waals surface area contributed by atoms with Crippen molar-refractivity contribution in [3.8, 4) is 0 Å². The highest BCUT2D eigenvalue weighted by Gasteiger charge is 2.18. The maximum Gasteiger partial charge on any atom is 0.225 e. The highest BCUT2D eigenvalue weighted by atomic mass is 35.5. The average Bonchev–Trinajstić information content (AvgIpc) is 2.56. The summed E-state index contributed by atoms with van der Waals surface area (Å²) in [4.78, 5) is 13.9. The Morgan fingerprint density at radius 1 is 0.958 bits per heavy atom. The molecule has 0 spiro atoms. The van der Waals surface area contributed by atoms with Gasteiger partial charge in [0.2, 0.25) is 5.95 Å². The summed E-state index contributed by atoms with van der Waals surface area (Å²) in [5.74, 6) is 0.877. The van der Waals surface area contributed by atoms with Crippen molar-refractivity contribution < 1.29 is 0 Å². The molecule has 5 heteroatoms. The molecule has 1 saturated heterocycles. The molecule has 3 rings (SSSR count). The molecule has 1 aromatic carbocycles. The van der Waals surface area contributed by atoms with E-state index < -0.39 is 0 Å². The molecule has 0 radical (unpaired) electrons. The zero-order chi connectivity index (χ0) is 16.1. The normalized spacial score (nSPS) is 15.5. The van der Waals surface area contributed by atoms with Gasteiger partial charge in [-0.15, -0.1) is 12.4 Å². The minimum atomic E-state index is 0. The summed E-state index contributed by atoms with van der Waals surface area (Å²) in [6.45, 7) is 9.14. The molecule has 0 N–H and O–H groups in total. The fourth-order valence-electron chi connectivity index (χ4n) is 2.88. The van der Waals surface area contributed by atoms with Crippen molar-refractivity contribution in [3.63, 3.8) is 0 Å². The first-order valence-electron chi connectivity index (χ1n) is 8.22. The number of aryl methyl sites for hydroxylation is 2. The van der Waals surface area contributed by atoms with Gasteiger partial charge in [-0.3, -0.25) is 4.90 Å². The minimum absolute atomic E-state index is 0. The molecule has 0 bridgehead atoms. The van der Waals surface area contributed by atoms with E-state index in [2.05, 4.69) is 56.2 Å². The van der Waals surface area contributed by atoms with E-state index >= 15 is 0 Å². The van der Waals surface area contributed by atoms with Crippen molar-refractivity contribution in [2.45, 2.75) is 13.8 Å². The van der Waals surface area contributed by atoms with Crippen LogP contribution in [0.1, 0.15) is 17.0 Å². The summed E-state index contributed by atoms with van der Waals surface area (Å²) in [5, 5.41) is 0. The molecule has 2 heterocycles. The van der Waals surface area contributed by atoms with Crippen LogP contribution in [0.3, 0.4) is 0 Å². The van der Waals surface area contributed by atoms with Gasteiger partial charge in [-0.1, -0.05) is 42.5 Å². The molecule has 0 atom stereocenters. The third kappa shape index (κ3) is 5.05. The third-order valence-electron chi connectivity index (χ3n) is 4.10. The second kappa shape index (κ2) is 8.81. The summed E-state index contributed by atoms with van der Waals surface area (Å²) in [6.07, 6.45) is 4.44. The maximum atomic E-state index is 4.57. The topological polar surface area (TPSA) is 32.3 Å². The number of hydrogen-bond donors (Lipinski definition) is 0. The molecule has 0 aliphatic carbocycles. The van der Waals surface area contributed by atoms with Crippen LogP contribution in [0.5, 0.6) is 0 Å².